The van der Waals surface area contributed by atoms with Crippen LogP contribution in [0.3, 0.4) is 0 Å². The molecule has 5 nitrogen and oxygen atoms in total. The monoisotopic (exact) mass is 328 g/mol. The van der Waals surface area contributed by atoms with Crippen molar-refractivity contribution in [1.82, 2.24) is 9.62 Å². The first-order valence-electron chi connectivity index (χ1n) is 7.64. The third kappa shape index (κ3) is 4.52. The normalized spacial score (nSPS) is 14.3. The van der Waals surface area contributed by atoms with Crippen LogP contribution in [0.4, 0.5) is 0 Å². The fourth-order valence-electron chi connectivity index (χ4n) is 2.10. The highest BCUT2D eigenvalue weighted by atomic mass is 32.2. The van der Waals surface area contributed by atoms with Crippen molar-refractivity contribution >= 4 is 10.0 Å². The maximum absolute atomic E-state index is 12.0. The second kappa shape index (κ2) is 7.55. The molecule has 0 amide bonds. The summed E-state index contributed by atoms with van der Waals surface area (Å²) in [6, 6.07) is 6.90. The lowest BCUT2D eigenvalue weighted by atomic mass is 9.96. The van der Waals surface area contributed by atoms with Crippen LogP contribution >= 0.6 is 0 Å². The van der Waals surface area contributed by atoms with Crippen LogP contribution in [0, 0.1) is 0 Å². The molecule has 0 heterocycles. The molecule has 6 heteroatoms. The van der Waals surface area contributed by atoms with Gasteiger partial charge < -0.3 is 10.4 Å². The molecule has 0 radical (unpaired) electrons. The highest BCUT2D eigenvalue weighted by Crippen LogP contribution is 2.20. The van der Waals surface area contributed by atoms with Gasteiger partial charge in [0, 0.05) is 26.7 Å². The molecule has 1 unspecified atom stereocenters. The molecule has 1 atom stereocenters. The summed E-state index contributed by atoms with van der Waals surface area (Å²) in [4.78, 5) is 0.284. The molecular formula is C16H28N2O3S. The van der Waals surface area contributed by atoms with Gasteiger partial charge in [0.25, 0.3) is 0 Å². The number of hydrogen-bond donors (Lipinski definition) is 2. The second-order valence-corrected chi connectivity index (χ2v) is 8.04. The average molecular weight is 328 g/mol. The van der Waals surface area contributed by atoms with Gasteiger partial charge in [0.15, 0.2) is 0 Å². The third-order valence-electron chi connectivity index (χ3n) is 4.21. The summed E-state index contributed by atoms with van der Waals surface area (Å²) in [5.41, 5.74) is 0.301. The average Bonchev–Trinajstić information content (AvgIpc) is 2.52. The highest BCUT2D eigenvalue weighted by Gasteiger charge is 2.23. The van der Waals surface area contributed by atoms with Crippen LogP contribution in [-0.4, -0.2) is 44.1 Å². The summed E-state index contributed by atoms with van der Waals surface area (Å²) < 4.78 is 25.3. The van der Waals surface area contributed by atoms with Gasteiger partial charge in [-0.15, -0.1) is 0 Å². The van der Waals surface area contributed by atoms with Gasteiger partial charge in [-0.3, -0.25) is 0 Å². The van der Waals surface area contributed by atoms with Crippen LogP contribution < -0.4 is 5.32 Å². The van der Waals surface area contributed by atoms with Crippen molar-refractivity contribution in [3.63, 3.8) is 0 Å². The van der Waals surface area contributed by atoms with Crippen molar-refractivity contribution in [2.45, 2.75) is 50.2 Å². The fraction of sp³-hybridized carbons (Fsp3) is 0.625. The molecule has 22 heavy (non-hydrogen) atoms. The maximum atomic E-state index is 12.0. The van der Waals surface area contributed by atoms with Crippen molar-refractivity contribution in [3.8, 4) is 0 Å². The van der Waals surface area contributed by atoms with Gasteiger partial charge >= 0.3 is 0 Å². The lowest BCUT2D eigenvalue weighted by molar-refractivity contribution is 0.0303. The van der Waals surface area contributed by atoms with Crippen molar-refractivity contribution in [2.75, 3.05) is 20.6 Å². The van der Waals surface area contributed by atoms with Crippen LogP contribution in [0.25, 0.3) is 0 Å². The Kier molecular flexibility index (Phi) is 6.55. The molecule has 0 aliphatic rings. The first-order valence-corrected chi connectivity index (χ1v) is 9.08. The standard InChI is InChI=1S/C16H28N2O3S/c1-6-16(19,7-2)12-17-13(3)14-8-10-15(11-9-14)22(20,21)18(4)5/h8-11,13,17,19H,6-7,12H2,1-5H3. The van der Waals surface area contributed by atoms with Crippen LogP contribution in [0.15, 0.2) is 29.2 Å². The number of nitrogens with zero attached hydrogens (tertiary/aromatic N) is 1. The minimum atomic E-state index is -3.39. The number of benzene rings is 1. The fourth-order valence-corrected chi connectivity index (χ4v) is 3.00. The summed E-state index contributed by atoms with van der Waals surface area (Å²) in [5.74, 6) is 0. The van der Waals surface area contributed by atoms with E-state index in [9.17, 15) is 13.5 Å². The zero-order chi connectivity index (χ0) is 17.0. The van der Waals surface area contributed by atoms with Crippen LogP contribution in [0.1, 0.15) is 45.2 Å². The molecule has 1 aromatic rings. The lowest BCUT2D eigenvalue weighted by Gasteiger charge is -2.27. The highest BCUT2D eigenvalue weighted by molar-refractivity contribution is 7.89. The van der Waals surface area contributed by atoms with Gasteiger partial charge in [0.2, 0.25) is 10.0 Å². The second-order valence-electron chi connectivity index (χ2n) is 5.89. The summed E-state index contributed by atoms with van der Waals surface area (Å²) in [5, 5.41) is 13.6. The maximum Gasteiger partial charge on any atom is 0.242 e. The van der Waals surface area contributed by atoms with E-state index in [1.807, 2.05) is 32.9 Å². The Morgan fingerprint density at radius 3 is 2.09 bits per heavy atom. The zero-order valence-electron chi connectivity index (χ0n) is 14.1. The topological polar surface area (TPSA) is 69.6 Å². The Balaban J connectivity index is 2.79. The van der Waals surface area contributed by atoms with Crippen molar-refractivity contribution in [3.05, 3.63) is 29.8 Å². The summed E-state index contributed by atoms with van der Waals surface area (Å²) in [6.07, 6.45) is 1.40. The molecule has 1 aromatic carbocycles. The minimum absolute atomic E-state index is 0.0423. The van der Waals surface area contributed by atoms with Crippen molar-refractivity contribution in [2.24, 2.45) is 0 Å². The smallest absolute Gasteiger partial charge is 0.242 e. The molecule has 0 aromatic heterocycles. The van der Waals surface area contributed by atoms with Crippen LogP contribution in [0.2, 0.25) is 0 Å². The Labute approximate surface area is 134 Å². The van der Waals surface area contributed by atoms with Gasteiger partial charge in [0.05, 0.1) is 10.5 Å². The van der Waals surface area contributed by atoms with Gasteiger partial charge in [-0.25, -0.2) is 12.7 Å². The van der Waals surface area contributed by atoms with E-state index in [0.29, 0.717) is 19.4 Å². The zero-order valence-corrected chi connectivity index (χ0v) is 14.9. The van der Waals surface area contributed by atoms with E-state index in [2.05, 4.69) is 5.32 Å². The molecule has 0 saturated carbocycles. The van der Waals surface area contributed by atoms with Gasteiger partial charge in [-0.2, -0.15) is 0 Å². The number of aliphatic hydroxyl groups is 1. The Bertz CT molecular complexity index is 564. The first-order chi connectivity index (χ1) is 10.2. The van der Waals surface area contributed by atoms with Crippen LogP contribution in [0.5, 0.6) is 0 Å². The molecule has 0 aliphatic heterocycles. The molecule has 1 rings (SSSR count). The van der Waals surface area contributed by atoms with E-state index in [-0.39, 0.29) is 10.9 Å². The molecule has 0 spiro atoms. The Morgan fingerprint density at radius 1 is 1.18 bits per heavy atom. The minimum Gasteiger partial charge on any atom is -0.389 e. The SMILES string of the molecule is CCC(O)(CC)CNC(C)c1ccc(S(=O)(=O)N(C)C)cc1. The van der Waals surface area contributed by atoms with E-state index in [1.54, 1.807) is 12.1 Å². The molecule has 0 bridgehead atoms. The van der Waals surface area contributed by atoms with E-state index in [0.717, 1.165) is 5.56 Å². The van der Waals surface area contributed by atoms with E-state index < -0.39 is 15.6 Å². The number of sulfonamides is 1. The quantitative estimate of drug-likeness (QED) is 0.767. The number of rotatable bonds is 8. The number of nitrogens with one attached hydrogen (secondary N) is 1. The van der Waals surface area contributed by atoms with E-state index in [1.165, 1.54) is 18.4 Å². The summed E-state index contributed by atoms with van der Waals surface area (Å²) in [7, 11) is -0.355. The predicted molar refractivity (Wildman–Crippen MR) is 89.3 cm³/mol. The lowest BCUT2D eigenvalue weighted by Crippen LogP contribution is -2.40. The Hall–Kier alpha value is -0.950. The summed E-state index contributed by atoms with van der Waals surface area (Å²) >= 11 is 0. The molecule has 126 valence electrons. The molecular weight excluding hydrogens is 300 g/mol. The largest absolute Gasteiger partial charge is 0.389 e. The van der Waals surface area contributed by atoms with Gasteiger partial charge in [-0.1, -0.05) is 26.0 Å². The van der Waals surface area contributed by atoms with Gasteiger partial charge in [0.1, 0.15) is 0 Å². The molecule has 0 saturated heterocycles. The van der Waals surface area contributed by atoms with Gasteiger partial charge in [-0.05, 0) is 37.5 Å². The predicted octanol–water partition coefficient (Wildman–Crippen LogP) is 2.14. The number of hydrogen-bond acceptors (Lipinski definition) is 4. The molecule has 0 fully saturated rings. The van der Waals surface area contributed by atoms with Crippen molar-refractivity contribution < 1.29 is 13.5 Å². The van der Waals surface area contributed by atoms with E-state index >= 15 is 0 Å². The third-order valence-corrected chi connectivity index (χ3v) is 6.04. The molecule has 0 aliphatic carbocycles. The van der Waals surface area contributed by atoms with E-state index in [4.69, 9.17) is 0 Å². The summed E-state index contributed by atoms with van der Waals surface area (Å²) in [6.45, 7) is 6.45. The molecule has 2 N–H and O–H groups in total. The van der Waals surface area contributed by atoms with Crippen LogP contribution in [-0.2, 0) is 10.0 Å². The van der Waals surface area contributed by atoms with Crippen molar-refractivity contribution in [1.29, 1.82) is 0 Å². The first kappa shape index (κ1) is 19.1. The Morgan fingerprint density at radius 2 is 1.68 bits per heavy atom.